The fourth-order valence-corrected chi connectivity index (χ4v) is 4.08. The molecule has 3 atom stereocenters. The Morgan fingerprint density at radius 3 is 2.95 bits per heavy atom. The van der Waals surface area contributed by atoms with Crippen LogP contribution < -0.4 is 5.32 Å². The van der Waals surface area contributed by atoms with Crippen molar-refractivity contribution >= 4 is 0 Å². The van der Waals surface area contributed by atoms with Gasteiger partial charge in [0.05, 0.1) is 12.2 Å². The summed E-state index contributed by atoms with van der Waals surface area (Å²) in [6.07, 6.45) is 7.38. The molecule has 0 aromatic carbocycles. The predicted molar refractivity (Wildman–Crippen MR) is 80.0 cm³/mol. The summed E-state index contributed by atoms with van der Waals surface area (Å²) in [5.74, 6) is 0. The van der Waals surface area contributed by atoms with E-state index >= 15 is 0 Å². The molecule has 0 saturated carbocycles. The van der Waals surface area contributed by atoms with E-state index in [1.54, 1.807) is 0 Å². The number of rotatable bonds is 5. The normalized spacial score (nSPS) is 38.1. The van der Waals surface area contributed by atoms with E-state index in [4.69, 9.17) is 9.47 Å². The van der Waals surface area contributed by atoms with Gasteiger partial charge in [-0.25, -0.2) is 0 Å². The molecule has 116 valence electrons. The van der Waals surface area contributed by atoms with Crippen LogP contribution in [-0.4, -0.2) is 62.0 Å². The van der Waals surface area contributed by atoms with Gasteiger partial charge in [-0.05, 0) is 45.2 Å². The third kappa shape index (κ3) is 3.35. The molecule has 0 aliphatic carbocycles. The van der Waals surface area contributed by atoms with Gasteiger partial charge >= 0.3 is 0 Å². The molecule has 3 aliphatic heterocycles. The van der Waals surface area contributed by atoms with E-state index in [0.717, 1.165) is 26.2 Å². The lowest BCUT2D eigenvalue weighted by Gasteiger charge is -2.43. The lowest BCUT2D eigenvalue weighted by molar-refractivity contribution is -0.107. The van der Waals surface area contributed by atoms with E-state index in [9.17, 15) is 0 Å². The summed E-state index contributed by atoms with van der Waals surface area (Å²) in [5.41, 5.74) is 0.0397. The maximum absolute atomic E-state index is 6.09. The van der Waals surface area contributed by atoms with Crippen molar-refractivity contribution in [1.82, 2.24) is 10.2 Å². The van der Waals surface area contributed by atoms with Crippen LogP contribution in [0.4, 0.5) is 0 Å². The van der Waals surface area contributed by atoms with Crippen molar-refractivity contribution in [3.63, 3.8) is 0 Å². The minimum atomic E-state index is 0.0397. The van der Waals surface area contributed by atoms with Crippen LogP contribution in [0.1, 0.15) is 45.4 Å². The van der Waals surface area contributed by atoms with Crippen molar-refractivity contribution in [2.45, 2.75) is 63.1 Å². The third-order valence-electron chi connectivity index (χ3n) is 5.18. The van der Waals surface area contributed by atoms with Crippen LogP contribution in [0.25, 0.3) is 0 Å². The topological polar surface area (TPSA) is 33.7 Å². The van der Waals surface area contributed by atoms with Crippen molar-refractivity contribution in [1.29, 1.82) is 0 Å². The molecule has 0 amide bonds. The molecular weight excluding hydrogens is 252 g/mol. The summed E-state index contributed by atoms with van der Waals surface area (Å²) in [6.45, 7) is 8.54. The minimum absolute atomic E-state index is 0.0397. The first kappa shape index (κ1) is 14.8. The smallest absolute Gasteiger partial charge is 0.0951 e. The summed E-state index contributed by atoms with van der Waals surface area (Å²) in [6, 6.07) is 1.40. The predicted octanol–water partition coefficient (Wildman–Crippen LogP) is 1.79. The molecule has 0 radical (unpaired) electrons. The monoisotopic (exact) mass is 282 g/mol. The Hall–Kier alpha value is -0.160. The van der Waals surface area contributed by atoms with Crippen LogP contribution in [0.3, 0.4) is 0 Å². The van der Waals surface area contributed by atoms with E-state index in [1.807, 2.05) is 0 Å². The van der Waals surface area contributed by atoms with Crippen LogP contribution in [0, 0.1) is 0 Å². The summed E-state index contributed by atoms with van der Waals surface area (Å²) >= 11 is 0. The van der Waals surface area contributed by atoms with Crippen molar-refractivity contribution < 1.29 is 9.47 Å². The highest BCUT2D eigenvalue weighted by atomic mass is 16.6. The van der Waals surface area contributed by atoms with Crippen molar-refractivity contribution in [3.05, 3.63) is 0 Å². The zero-order valence-electron chi connectivity index (χ0n) is 12.9. The molecule has 0 aromatic rings. The van der Waals surface area contributed by atoms with Gasteiger partial charge in [0.1, 0.15) is 0 Å². The first-order valence-electron chi connectivity index (χ1n) is 8.50. The maximum Gasteiger partial charge on any atom is 0.0951 e. The first-order valence-corrected chi connectivity index (χ1v) is 8.50. The van der Waals surface area contributed by atoms with Gasteiger partial charge in [0.25, 0.3) is 0 Å². The highest BCUT2D eigenvalue weighted by molar-refractivity contribution is 4.94. The molecule has 3 rings (SSSR count). The summed E-state index contributed by atoms with van der Waals surface area (Å²) in [5, 5.41) is 3.65. The van der Waals surface area contributed by atoms with Gasteiger partial charge in [0.15, 0.2) is 0 Å². The molecule has 4 heteroatoms. The summed E-state index contributed by atoms with van der Waals surface area (Å²) in [7, 11) is 0. The van der Waals surface area contributed by atoms with Gasteiger partial charge in [-0.1, -0.05) is 6.92 Å². The van der Waals surface area contributed by atoms with E-state index < -0.39 is 0 Å². The molecule has 3 aliphatic rings. The average Bonchev–Trinajstić information content (AvgIpc) is 3.11. The Bertz CT molecular complexity index is 297. The standard InChI is InChI=1S/C16H30N2O2/c1-2-8-18(12-14-4-3-7-17-14)15-5-9-20-16(11-15)6-10-19-13-16/h14-15,17H,2-13H2,1H3. The van der Waals surface area contributed by atoms with Gasteiger partial charge in [0.2, 0.25) is 0 Å². The molecule has 3 heterocycles. The Balaban J connectivity index is 1.60. The van der Waals surface area contributed by atoms with Crippen LogP contribution in [0.2, 0.25) is 0 Å². The van der Waals surface area contributed by atoms with E-state index in [0.29, 0.717) is 12.1 Å². The molecule has 4 nitrogen and oxygen atoms in total. The van der Waals surface area contributed by atoms with Gasteiger partial charge < -0.3 is 14.8 Å². The number of ether oxygens (including phenoxy) is 2. The minimum Gasteiger partial charge on any atom is -0.378 e. The quantitative estimate of drug-likeness (QED) is 0.833. The molecule has 20 heavy (non-hydrogen) atoms. The SMILES string of the molecule is CCCN(CC1CCCN1)C1CCOC2(CCOC2)C1. The lowest BCUT2D eigenvalue weighted by Crippen LogP contribution is -2.51. The molecule has 0 bridgehead atoms. The third-order valence-corrected chi connectivity index (χ3v) is 5.18. The molecular formula is C16H30N2O2. The number of nitrogens with zero attached hydrogens (tertiary/aromatic N) is 1. The summed E-state index contributed by atoms with van der Waals surface area (Å²) in [4.78, 5) is 2.73. The van der Waals surface area contributed by atoms with Gasteiger partial charge in [0, 0.05) is 38.3 Å². The van der Waals surface area contributed by atoms with Crippen LogP contribution in [-0.2, 0) is 9.47 Å². The lowest BCUT2D eigenvalue weighted by atomic mass is 9.88. The molecule has 0 aromatic heterocycles. The van der Waals surface area contributed by atoms with Crippen molar-refractivity contribution in [2.24, 2.45) is 0 Å². The van der Waals surface area contributed by atoms with E-state index in [-0.39, 0.29) is 5.60 Å². The van der Waals surface area contributed by atoms with Crippen molar-refractivity contribution in [2.75, 3.05) is 39.5 Å². The Labute approximate surface area is 123 Å². The van der Waals surface area contributed by atoms with E-state index in [2.05, 4.69) is 17.1 Å². The Morgan fingerprint density at radius 1 is 1.30 bits per heavy atom. The molecule has 1 N–H and O–H groups in total. The van der Waals surface area contributed by atoms with Crippen LogP contribution >= 0.6 is 0 Å². The van der Waals surface area contributed by atoms with Gasteiger partial charge in [-0.3, -0.25) is 4.90 Å². The zero-order chi connectivity index (χ0) is 13.8. The fraction of sp³-hybridized carbons (Fsp3) is 1.00. The molecule has 3 unspecified atom stereocenters. The fourth-order valence-electron chi connectivity index (χ4n) is 4.08. The second kappa shape index (κ2) is 6.73. The Morgan fingerprint density at radius 2 is 2.25 bits per heavy atom. The molecule has 1 spiro atoms. The largest absolute Gasteiger partial charge is 0.378 e. The molecule has 3 fully saturated rings. The highest BCUT2D eigenvalue weighted by Gasteiger charge is 2.42. The zero-order valence-corrected chi connectivity index (χ0v) is 12.9. The first-order chi connectivity index (χ1) is 9.81. The summed E-state index contributed by atoms with van der Waals surface area (Å²) < 4.78 is 11.7. The second-order valence-corrected chi connectivity index (χ2v) is 6.77. The number of hydrogen-bond donors (Lipinski definition) is 1. The number of nitrogens with one attached hydrogen (secondary N) is 1. The maximum atomic E-state index is 6.09. The van der Waals surface area contributed by atoms with Crippen LogP contribution in [0.5, 0.6) is 0 Å². The number of hydrogen-bond acceptors (Lipinski definition) is 4. The molecule has 3 saturated heterocycles. The Kier molecular flexibility index (Phi) is 4.97. The van der Waals surface area contributed by atoms with Crippen LogP contribution in [0.15, 0.2) is 0 Å². The highest BCUT2D eigenvalue weighted by Crippen LogP contribution is 2.35. The van der Waals surface area contributed by atoms with E-state index in [1.165, 1.54) is 51.7 Å². The second-order valence-electron chi connectivity index (χ2n) is 6.77. The van der Waals surface area contributed by atoms with Crippen molar-refractivity contribution in [3.8, 4) is 0 Å². The van der Waals surface area contributed by atoms with Gasteiger partial charge in [-0.2, -0.15) is 0 Å². The average molecular weight is 282 g/mol. The van der Waals surface area contributed by atoms with Gasteiger partial charge in [-0.15, -0.1) is 0 Å².